The molecule has 1 aromatic rings. The highest BCUT2D eigenvalue weighted by atomic mass is 35.5. The third-order valence-corrected chi connectivity index (χ3v) is 2.28. The summed E-state index contributed by atoms with van der Waals surface area (Å²) in [5.74, 6) is 0. The Morgan fingerprint density at radius 3 is 2.29 bits per heavy atom. The summed E-state index contributed by atoms with van der Waals surface area (Å²) >= 11 is 5.98. The summed E-state index contributed by atoms with van der Waals surface area (Å²) in [5, 5.41) is 0.856. The molecule has 0 unspecified atom stereocenters. The van der Waals surface area contributed by atoms with E-state index in [1.807, 2.05) is 26.0 Å². The Labute approximate surface area is 92.7 Å². The number of rotatable bonds is 2. The molecule has 0 saturated heterocycles. The van der Waals surface area contributed by atoms with Gasteiger partial charge in [0, 0.05) is 11.6 Å². The molecule has 0 fully saturated rings. The van der Waals surface area contributed by atoms with Crippen LogP contribution in [-0.2, 0) is 6.54 Å². The molecule has 0 aromatic heterocycles. The minimum absolute atomic E-state index is 0.856. The summed E-state index contributed by atoms with van der Waals surface area (Å²) in [6.07, 6.45) is 0. The normalized spacial score (nSPS) is 9.64. The van der Waals surface area contributed by atoms with E-state index in [-0.39, 0.29) is 0 Å². The van der Waals surface area contributed by atoms with Crippen LogP contribution in [0.15, 0.2) is 18.2 Å². The fourth-order valence-electron chi connectivity index (χ4n) is 1.16. The number of hydrogen-bond donors (Lipinski definition) is 0. The van der Waals surface area contributed by atoms with E-state index in [9.17, 15) is 0 Å². The van der Waals surface area contributed by atoms with Gasteiger partial charge in [-0.05, 0) is 38.2 Å². The van der Waals surface area contributed by atoms with Crippen LogP contribution in [0.25, 0.3) is 0 Å². The average Bonchev–Trinajstić information content (AvgIpc) is 2.16. The Kier molecular flexibility index (Phi) is 6.60. The highest BCUT2D eigenvalue weighted by molar-refractivity contribution is 6.31. The quantitative estimate of drug-likeness (QED) is 0.724. The molecule has 1 aromatic carbocycles. The van der Waals surface area contributed by atoms with Crippen molar-refractivity contribution in [3.8, 4) is 0 Å². The molecule has 0 saturated carbocycles. The molecule has 0 aliphatic carbocycles. The zero-order valence-electron chi connectivity index (χ0n) is 9.76. The molecule has 0 radical (unpaired) electrons. The van der Waals surface area contributed by atoms with Gasteiger partial charge in [-0.25, -0.2) is 0 Å². The van der Waals surface area contributed by atoms with Gasteiger partial charge in [0.05, 0.1) is 0 Å². The molecule has 0 aliphatic heterocycles. The van der Waals surface area contributed by atoms with Crippen molar-refractivity contribution < 1.29 is 0 Å². The molecule has 1 nitrogen and oxygen atoms in total. The molecular weight excluding hydrogens is 194 g/mol. The highest BCUT2D eigenvalue weighted by Crippen LogP contribution is 2.19. The molecule has 0 atom stereocenters. The Balaban J connectivity index is 0.000000791. The molecule has 2 heteroatoms. The van der Waals surface area contributed by atoms with Crippen LogP contribution in [0.2, 0.25) is 5.02 Å². The molecule has 0 heterocycles. The lowest BCUT2D eigenvalue weighted by atomic mass is 10.1. The van der Waals surface area contributed by atoms with Crippen LogP contribution in [-0.4, -0.2) is 19.0 Å². The van der Waals surface area contributed by atoms with Gasteiger partial charge in [0.2, 0.25) is 0 Å². The van der Waals surface area contributed by atoms with Gasteiger partial charge in [-0.3, -0.25) is 0 Å². The van der Waals surface area contributed by atoms with Crippen LogP contribution in [0.5, 0.6) is 0 Å². The predicted octanol–water partition coefficient (Wildman–Crippen LogP) is 3.74. The number of hydrogen-bond acceptors (Lipinski definition) is 1. The van der Waals surface area contributed by atoms with E-state index in [2.05, 4.69) is 32.0 Å². The molecule has 0 spiro atoms. The summed E-state index contributed by atoms with van der Waals surface area (Å²) in [6.45, 7) is 7.01. The third kappa shape index (κ3) is 4.12. The summed E-state index contributed by atoms with van der Waals surface area (Å²) in [5.41, 5.74) is 2.49. The van der Waals surface area contributed by atoms with Gasteiger partial charge in [0.25, 0.3) is 0 Å². The molecule has 0 bridgehead atoms. The Bertz CT molecular complexity index is 269. The second-order valence-electron chi connectivity index (χ2n) is 3.26. The number of halogens is 1. The Morgan fingerprint density at radius 2 is 1.79 bits per heavy atom. The van der Waals surface area contributed by atoms with Crippen LogP contribution < -0.4 is 0 Å². The van der Waals surface area contributed by atoms with Crippen LogP contribution in [0.4, 0.5) is 0 Å². The topological polar surface area (TPSA) is 3.24 Å². The van der Waals surface area contributed by atoms with Gasteiger partial charge in [-0.2, -0.15) is 0 Å². The van der Waals surface area contributed by atoms with Gasteiger partial charge in [0.1, 0.15) is 0 Å². The van der Waals surface area contributed by atoms with E-state index in [4.69, 9.17) is 11.6 Å². The van der Waals surface area contributed by atoms with Crippen LogP contribution in [0.1, 0.15) is 25.0 Å². The lowest BCUT2D eigenvalue weighted by molar-refractivity contribution is 0.401. The SMILES string of the molecule is CC.Cc1c(Cl)cccc1CN(C)C. The van der Waals surface area contributed by atoms with Crippen molar-refractivity contribution >= 4 is 11.6 Å². The van der Waals surface area contributed by atoms with Crippen molar-refractivity contribution in [1.29, 1.82) is 0 Å². The highest BCUT2D eigenvalue weighted by Gasteiger charge is 2.01. The lowest BCUT2D eigenvalue weighted by Crippen LogP contribution is -2.11. The maximum Gasteiger partial charge on any atom is 0.0438 e. The fourth-order valence-corrected chi connectivity index (χ4v) is 1.36. The predicted molar refractivity (Wildman–Crippen MR) is 64.9 cm³/mol. The first kappa shape index (κ1) is 13.5. The van der Waals surface area contributed by atoms with Crippen molar-refractivity contribution in [3.05, 3.63) is 34.3 Å². The van der Waals surface area contributed by atoms with Crippen LogP contribution in [0, 0.1) is 6.92 Å². The summed E-state index contributed by atoms with van der Waals surface area (Å²) < 4.78 is 0. The maximum absolute atomic E-state index is 5.98. The zero-order chi connectivity index (χ0) is 11.1. The van der Waals surface area contributed by atoms with Gasteiger partial charge in [0.15, 0.2) is 0 Å². The molecule has 0 N–H and O–H groups in total. The minimum atomic E-state index is 0.856. The Morgan fingerprint density at radius 1 is 1.21 bits per heavy atom. The monoisotopic (exact) mass is 213 g/mol. The van der Waals surface area contributed by atoms with Gasteiger partial charge in [-0.15, -0.1) is 0 Å². The number of nitrogens with zero attached hydrogens (tertiary/aromatic N) is 1. The van der Waals surface area contributed by atoms with E-state index in [1.165, 1.54) is 11.1 Å². The first-order chi connectivity index (χ1) is 6.61. The number of benzene rings is 1. The van der Waals surface area contributed by atoms with Crippen LogP contribution >= 0.6 is 11.6 Å². The fraction of sp³-hybridized carbons (Fsp3) is 0.500. The van der Waals surface area contributed by atoms with Gasteiger partial charge in [-0.1, -0.05) is 37.6 Å². The second kappa shape index (κ2) is 6.86. The first-order valence-corrected chi connectivity index (χ1v) is 5.38. The standard InChI is InChI=1S/C10H14ClN.C2H6/c1-8-9(7-12(2)3)5-4-6-10(8)11;1-2/h4-6H,7H2,1-3H3;1-2H3. The minimum Gasteiger partial charge on any atom is -0.305 e. The maximum atomic E-state index is 5.98. The molecule has 1 rings (SSSR count). The van der Waals surface area contributed by atoms with E-state index in [0.717, 1.165) is 11.6 Å². The van der Waals surface area contributed by atoms with Gasteiger partial charge < -0.3 is 4.90 Å². The van der Waals surface area contributed by atoms with Crippen molar-refractivity contribution in [2.75, 3.05) is 14.1 Å². The van der Waals surface area contributed by atoms with E-state index in [1.54, 1.807) is 0 Å². The van der Waals surface area contributed by atoms with Crippen molar-refractivity contribution in [3.63, 3.8) is 0 Å². The zero-order valence-corrected chi connectivity index (χ0v) is 10.5. The second-order valence-corrected chi connectivity index (χ2v) is 3.67. The summed E-state index contributed by atoms with van der Waals surface area (Å²) in [7, 11) is 4.11. The smallest absolute Gasteiger partial charge is 0.0438 e. The van der Waals surface area contributed by atoms with Crippen molar-refractivity contribution in [2.24, 2.45) is 0 Å². The first-order valence-electron chi connectivity index (χ1n) is 5.00. The summed E-state index contributed by atoms with van der Waals surface area (Å²) in [4.78, 5) is 2.14. The molecule has 0 amide bonds. The Hall–Kier alpha value is -0.530. The van der Waals surface area contributed by atoms with Gasteiger partial charge >= 0.3 is 0 Å². The van der Waals surface area contributed by atoms with Crippen LogP contribution in [0.3, 0.4) is 0 Å². The van der Waals surface area contributed by atoms with Crippen molar-refractivity contribution in [2.45, 2.75) is 27.3 Å². The third-order valence-electron chi connectivity index (χ3n) is 1.87. The largest absolute Gasteiger partial charge is 0.305 e. The molecule has 14 heavy (non-hydrogen) atoms. The molecule has 0 aliphatic rings. The van der Waals surface area contributed by atoms with E-state index < -0.39 is 0 Å². The summed E-state index contributed by atoms with van der Waals surface area (Å²) in [6, 6.07) is 6.03. The lowest BCUT2D eigenvalue weighted by Gasteiger charge is -2.12. The van der Waals surface area contributed by atoms with E-state index >= 15 is 0 Å². The average molecular weight is 214 g/mol. The molecular formula is C12H20ClN. The van der Waals surface area contributed by atoms with Crippen molar-refractivity contribution in [1.82, 2.24) is 4.90 Å². The van der Waals surface area contributed by atoms with E-state index in [0.29, 0.717) is 0 Å². The molecule has 80 valence electrons.